The zero-order valence-corrected chi connectivity index (χ0v) is 8.99. The average Bonchev–Trinajstić information content (AvgIpc) is 2.29. The summed E-state index contributed by atoms with van der Waals surface area (Å²) in [6.07, 6.45) is 0. The van der Waals surface area contributed by atoms with Gasteiger partial charge in [0.15, 0.2) is 0 Å². The normalized spacial score (nSPS) is 9.81. The molecule has 1 rings (SSSR count). The molecule has 0 unspecified atom stereocenters. The molecule has 0 heterocycles. The molecule has 0 saturated heterocycles. The first kappa shape index (κ1) is 12.2. The molecule has 0 spiro atoms. The molecule has 0 aliphatic heterocycles. The van der Waals surface area contributed by atoms with Crippen LogP contribution in [0.4, 0.5) is 0 Å². The molecular formula is C11H14N2O3. The summed E-state index contributed by atoms with van der Waals surface area (Å²) < 4.78 is 0. The Bertz CT molecular complexity index is 373. The first-order valence-electron chi connectivity index (χ1n) is 4.87. The molecule has 0 aliphatic rings. The lowest BCUT2D eigenvalue weighted by atomic mass is 10.1. The topological polar surface area (TPSA) is 78.4 Å². The van der Waals surface area contributed by atoms with Crippen molar-refractivity contribution in [2.45, 2.75) is 6.54 Å². The Hall–Kier alpha value is -1.88. The molecule has 86 valence electrons. The van der Waals surface area contributed by atoms with Gasteiger partial charge in [-0.25, -0.2) is 4.79 Å². The quantitative estimate of drug-likeness (QED) is 0.666. The van der Waals surface area contributed by atoms with Gasteiger partial charge in [-0.3, -0.25) is 4.79 Å². The van der Waals surface area contributed by atoms with Crippen LogP contribution < -0.4 is 10.6 Å². The van der Waals surface area contributed by atoms with Gasteiger partial charge in [-0.05, 0) is 17.7 Å². The second kappa shape index (κ2) is 5.87. The molecule has 0 saturated carbocycles. The number of carboxylic acids is 1. The maximum Gasteiger partial charge on any atom is 0.335 e. The molecule has 5 heteroatoms. The number of carbonyl (C=O) groups is 2. The summed E-state index contributed by atoms with van der Waals surface area (Å²) in [4.78, 5) is 21.5. The van der Waals surface area contributed by atoms with Crippen LogP contribution in [0.2, 0.25) is 0 Å². The van der Waals surface area contributed by atoms with Crippen molar-refractivity contribution in [3.05, 3.63) is 35.4 Å². The molecule has 16 heavy (non-hydrogen) atoms. The molecule has 0 aliphatic carbocycles. The Balaban J connectivity index is 2.43. The smallest absolute Gasteiger partial charge is 0.335 e. The van der Waals surface area contributed by atoms with Crippen LogP contribution >= 0.6 is 0 Å². The highest BCUT2D eigenvalue weighted by molar-refractivity contribution is 5.87. The molecule has 5 nitrogen and oxygen atoms in total. The number of hydrogen-bond acceptors (Lipinski definition) is 3. The fraction of sp³-hybridized carbons (Fsp3) is 0.273. The van der Waals surface area contributed by atoms with Gasteiger partial charge in [0.2, 0.25) is 5.91 Å². The van der Waals surface area contributed by atoms with Crippen molar-refractivity contribution in [2.75, 3.05) is 13.6 Å². The van der Waals surface area contributed by atoms with E-state index in [9.17, 15) is 9.59 Å². The largest absolute Gasteiger partial charge is 0.478 e. The minimum absolute atomic E-state index is 0.0813. The lowest BCUT2D eigenvalue weighted by Crippen LogP contribution is -2.30. The van der Waals surface area contributed by atoms with E-state index in [0.29, 0.717) is 6.54 Å². The van der Waals surface area contributed by atoms with E-state index in [1.54, 1.807) is 31.3 Å². The van der Waals surface area contributed by atoms with Gasteiger partial charge in [-0.15, -0.1) is 0 Å². The molecule has 0 aromatic heterocycles. The van der Waals surface area contributed by atoms with E-state index in [0.717, 1.165) is 5.56 Å². The van der Waals surface area contributed by atoms with Gasteiger partial charge in [-0.1, -0.05) is 12.1 Å². The fourth-order valence-corrected chi connectivity index (χ4v) is 1.17. The van der Waals surface area contributed by atoms with Gasteiger partial charge in [-0.2, -0.15) is 0 Å². The molecule has 1 aromatic carbocycles. The fourth-order valence-electron chi connectivity index (χ4n) is 1.17. The van der Waals surface area contributed by atoms with Crippen LogP contribution in [-0.4, -0.2) is 30.6 Å². The Morgan fingerprint density at radius 3 is 2.38 bits per heavy atom. The Morgan fingerprint density at radius 2 is 1.88 bits per heavy atom. The van der Waals surface area contributed by atoms with Crippen molar-refractivity contribution >= 4 is 11.9 Å². The Kier molecular flexibility index (Phi) is 4.47. The third-order valence-electron chi connectivity index (χ3n) is 2.09. The summed E-state index contributed by atoms with van der Waals surface area (Å²) in [5.74, 6) is -1.02. The van der Waals surface area contributed by atoms with Gasteiger partial charge in [0.05, 0.1) is 12.1 Å². The summed E-state index contributed by atoms with van der Waals surface area (Å²) in [5.41, 5.74) is 1.20. The predicted molar refractivity (Wildman–Crippen MR) is 59.2 cm³/mol. The first-order chi connectivity index (χ1) is 7.63. The van der Waals surface area contributed by atoms with Crippen molar-refractivity contribution in [3.8, 4) is 0 Å². The number of likely N-dealkylation sites (N-methyl/N-ethyl adjacent to an activating group) is 1. The Labute approximate surface area is 93.5 Å². The van der Waals surface area contributed by atoms with E-state index in [1.807, 2.05) is 0 Å². The van der Waals surface area contributed by atoms with Crippen molar-refractivity contribution in [3.63, 3.8) is 0 Å². The predicted octanol–water partition coefficient (Wildman–Crippen LogP) is 0.220. The standard InChI is InChI=1S/C11H14N2O3/c1-12-10(14)7-13-6-8-2-4-9(5-3-8)11(15)16/h2-5,13H,6-7H2,1H3,(H,12,14)(H,15,16). The van der Waals surface area contributed by atoms with Crippen molar-refractivity contribution < 1.29 is 14.7 Å². The lowest BCUT2D eigenvalue weighted by molar-refractivity contribution is -0.119. The van der Waals surface area contributed by atoms with E-state index in [-0.39, 0.29) is 18.0 Å². The zero-order chi connectivity index (χ0) is 12.0. The zero-order valence-electron chi connectivity index (χ0n) is 8.99. The molecular weight excluding hydrogens is 208 g/mol. The van der Waals surface area contributed by atoms with Gasteiger partial charge in [0.1, 0.15) is 0 Å². The molecule has 1 aromatic rings. The third kappa shape index (κ3) is 3.70. The van der Waals surface area contributed by atoms with Crippen LogP contribution in [-0.2, 0) is 11.3 Å². The maximum atomic E-state index is 10.9. The minimum atomic E-state index is -0.940. The van der Waals surface area contributed by atoms with Crippen LogP contribution in [0, 0.1) is 0 Å². The SMILES string of the molecule is CNC(=O)CNCc1ccc(C(=O)O)cc1. The second-order valence-corrected chi connectivity index (χ2v) is 3.28. The van der Waals surface area contributed by atoms with E-state index >= 15 is 0 Å². The number of aromatic carboxylic acids is 1. The highest BCUT2D eigenvalue weighted by atomic mass is 16.4. The summed E-state index contributed by atoms with van der Waals surface area (Å²) in [6, 6.07) is 6.53. The number of carboxylic acid groups (broad SMARTS) is 1. The van der Waals surface area contributed by atoms with Crippen LogP contribution in [0.3, 0.4) is 0 Å². The van der Waals surface area contributed by atoms with E-state index < -0.39 is 5.97 Å². The summed E-state index contributed by atoms with van der Waals surface area (Å²) >= 11 is 0. The van der Waals surface area contributed by atoms with E-state index in [2.05, 4.69) is 10.6 Å². The van der Waals surface area contributed by atoms with E-state index in [4.69, 9.17) is 5.11 Å². The highest BCUT2D eigenvalue weighted by Gasteiger charge is 2.02. The third-order valence-corrected chi connectivity index (χ3v) is 2.09. The summed E-state index contributed by atoms with van der Waals surface area (Å²) in [7, 11) is 1.58. The number of hydrogen-bond donors (Lipinski definition) is 3. The van der Waals surface area contributed by atoms with Crippen LogP contribution in [0.15, 0.2) is 24.3 Å². The van der Waals surface area contributed by atoms with Crippen LogP contribution in [0.5, 0.6) is 0 Å². The lowest BCUT2D eigenvalue weighted by Gasteiger charge is -2.04. The molecule has 0 atom stereocenters. The first-order valence-corrected chi connectivity index (χ1v) is 4.87. The van der Waals surface area contributed by atoms with Crippen molar-refractivity contribution in [2.24, 2.45) is 0 Å². The number of amides is 1. The minimum Gasteiger partial charge on any atom is -0.478 e. The van der Waals surface area contributed by atoms with Gasteiger partial charge in [0.25, 0.3) is 0 Å². The van der Waals surface area contributed by atoms with Gasteiger partial charge < -0.3 is 15.7 Å². The van der Waals surface area contributed by atoms with Crippen LogP contribution in [0.1, 0.15) is 15.9 Å². The number of nitrogens with one attached hydrogen (secondary N) is 2. The number of carbonyl (C=O) groups excluding carboxylic acids is 1. The maximum absolute atomic E-state index is 10.9. The van der Waals surface area contributed by atoms with Gasteiger partial charge in [0, 0.05) is 13.6 Å². The van der Waals surface area contributed by atoms with E-state index in [1.165, 1.54) is 0 Å². The highest BCUT2D eigenvalue weighted by Crippen LogP contribution is 2.03. The van der Waals surface area contributed by atoms with Gasteiger partial charge >= 0.3 is 5.97 Å². The van der Waals surface area contributed by atoms with Crippen LogP contribution in [0.25, 0.3) is 0 Å². The molecule has 0 fully saturated rings. The van der Waals surface area contributed by atoms with Crippen molar-refractivity contribution in [1.82, 2.24) is 10.6 Å². The molecule has 0 radical (unpaired) electrons. The monoisotopic (exact) mass is 222 g/mol. The number of benzene rings is 1. The summed E-state index contributed by atoms with van der Waals surface area (Å²) in [5, 5.41) is 14.1. The number of rotatable bonds is 5. The molecule has 3 N–H and O–H groups in total. The molecule has 1 amide bonds. The Morgan fingerprint density at radius 1 is 1.25 bits per heavy atom. The average molecular weight is 222 g/mol. The summed E-state index contributed by atoms with van der Waals surface area (Å²) in [6.45, 7) is 0.782. The van der Waals surface area contributed by atoms with Crippen molar-refractivity contribution in [1.29, 1.82) is 0 Å². The second-order valence-electron chi connectivity index (χ2n) is 3.28. The molecule has 0 bridgehead atoms.